The molecular formula is C17H24BrNO. The van der Waals surface area contributed by atoms with Gasteiger partial charge in [0.25, 0.3) is 0 Å². The lowest BCUT2D eigenvalue weighted by atomic mass is 9.96. The van der Waals surface area contributed by atoms with Crippen molar-refractivity contribution < 1.29 is 4.79 Å². The van der Waals surface area contributed by atoms with Crippen molar-refractivity contribution in [2.45, 2.75) is 58.8 Å². The smallest absolute Gasteiger partial charge is 0.224 e. The van der Waals surface area contributed by atoms with Crippen molar-refractivity contribution in [3.63, 3.8) is 0 Å². The van der Waals surface area contributed by atoms with Crippen LogP contribution in [0.1, 0.15) is 56.1 Å². The van der Waals surface area contributed by atoms with E-state index in [2.05, 4.69) is 35.1 Å². The van der Waals surface area contributed by atoms with Crippen LogP contribution >= 0.6 is 15.9 Å². The van der Waals surface area contributed by atoms with Gasteiger partial charge < -0.3 is 5.32 Å². The van der Waals surface area contributed by atoms with E-state index in [1.165, 1.54) is 38.5 Å². The summed E-state index contributed by atoms with van der Waals surface area (Å²) in [7, 11) is 0. The highest BCUT2D eigenvalue weighted by molar-refractivity contribution is 9.10. The zero-order valence-electron chi connectivity index (χ0n) is 12.5. The summed E-state index contributed by atoms with van der Waals surface area (Å²) in [4.78, 5) is 12.2. The highest BCUT2D eigenvalue weighted by Crippen LogP contribution is 2.27. The highest BCUT2D eigenvalue weighted by Gasteiger charge is 2.16. The van der Waals surface area contributed by atoms with Crippen LogP contribution in [0, 0.1) is 19.8 Å². The lowest BCUT2D eigenvalue weighted by molar-refractivity contribution is -0.117. The van der Waals surface area contributed by atoms with E-state index in [9.17, 15) is 4.79 Å². The van der Waals surface area contributed by atoms with Crippen molar-refractivity contribution >= 4 is 27.5 Å². The Hall–Kier alpha value is -0.830. The molecular weight excluding hydrogens is 314 g/mol. The predicted octanol–water partition coefficient (Wildman–Crippen LogP) is 5.36. The molecule has 1 aliphatic carbocycles. The summed E-state index contributed by atoms with van der Waals surface area (Å²) >= 11 is 3.56. The van der Waals surface area contributed by atoms with Gasteiger partial charge in [-0.05, 0) is 55.9 Å². The number of carbonyl (C=O) groups excluding carboxylic acids is 1. The lowest BCUT2D eigenvalue weighted by Gasteiger charge is -2.14. The third-order valence-electron chi connectivity index (χ3n) is 4.17. The van der Waals surface area contributed by atoms with E-state index >= 15 is 0 Å². The first-order valence-corrected chi connectivity index (χ1v) is 8.42. The average Bonchev–Trinajstić information content (AvgIpc) is 2.64. The molecule has 1 saturated carbocycles. The van der Waals surface area contributed by atoms with Crippen LogP contribution in [0.2, 0.25) is 0 Å². The van der Waals surface area contributed by atoms with E-state index in [0.29, 0.717) is 12.3 Å². The molecule has 2 rings (SSSR count). The van der Waals surface area contributed by atoms with Crippen LogP contribution in [0.15, 0.2) is 16.6 Å². The second kappa shape index (κ2) is 7.26. The molecule has 1 aromatic rings. The number of aryl methyl sites for hydroxylation is 2. The lowest BCUT2D eigenvalue weighted by Crippen LogP contribution is -2.16. The van der Waals surface area contributed by atoms with Crippen LogP contribution in [-0.2, 0) is 4.79 Å². The van der Waals surface area contributed by atoms with Gasteiger partial charge in [0, 0.05) is 16.6 Å². The Morgan fingerprint density at radius 1 is 1.15 bits per heavy atom. The number of hydrogen-bond acceptors (Lipinski definition) is 1. The molecule has 0 aliphatic heterocycles. The standard InChI is InChI=1S/C17H24BrNO/c1-12-9-15(10-13(2)17(12)18)19-16(20)11-14-7-5-3-4-6-8-14/h9-10,14H,3-8,11H2,1-2H3,(H,19,20). The number of carbonyl (C=O) groups is 1. The summed E-state index contributed by atoms with van der Waals surface area (Å²) in [5, 5.41) is 3.06. The summed E-state index contributed by atoms with van der Waals surface area (Å²) in [6.07, 6.45) is 8.35. The normalized spacial score (nSPS) is 16.8. The zero-order chi connectivity index (χ0) is 14.5. The van der Waals surface area contributed by atoms with Crippen molar-refractivity contribution in [1.82, 2.24) is 0 Å². The van der Waals surface area contributed by atoms with Gasteiger partial charge in [-0.25, -0.2) is 0 Å². The summed E-state index contributed by atoms with van der Waals surface area (Å²) in [6, 6.07) is 4.06. The molecule has 2 nitrogen and oxygen atoms in total. The van der Waals surface area contributed by atoms with Crippen molar-refractivity contribution in [3.8, 4) is 0 Å². The summed E-state index contributed by atoms with van der Waals surface area (Å²) in [5.74, 6) is 0.744. The van der Waals surface area contributed by atoms with Crippen molar-refractivity contribution in [2.24, 2.45) is 5.92 Å². The van der Waals surface area contributed by atoms with Crippen molar-refractivity contribution in [1.29, 1.82) is 0 Å². The van der Waals surface area contributed by atoms with Crippen LogP contribution in [0.3, 0.4) is 0 Å². The van der Waals surface area contributed by atoms with Gasteiger partial charge in [0.2, 0.25) is 5.91 Å². The highest BCUT2D eigenvalue weighted by atomic mass is 79.9. The minimum Gasteiger partial charge on any atom is -0.326 e. The number of amides is 1. The molecule has 0 radical (unpaired) electrons. The van der Waals surface area contributed by atoms with Gasteiger partial charge >= 0.3 is 0 Å². The first kappa shape index (κ1) is 15.6. The number of hydrogen-bond donors (Lipinski definition) is 1. The molecule has 0 aromatic heterocycles. The summed E-state index contributed by atoms with van der Waals surface area (Å²) in [5.41, 5.74) is 3.24. The zero-order valence-corrected chi connectivity index (χ0v) is 14.1. The second-order valence-electron chi connectivity index (χ2n) is 6.03. The minimum atomic E-state index is 0.165. The van der Waals surface area contributed by atoms with E-state index in [1.807, 2.05) is 12.1 Å². The van der Waals surface area contributed by atoms with Gasteiger partial charge in [-0.15, -0.1) is 0 Å². The largest absolute Gasteiger partial charge is 0.326 e. The molecule has 0 bridgehead atoms. The Kier molecular flexibility index (Phi) is 5.64. The fourth-order valence-corrected chi connectivity index (χ4v) is 3.29. The second-order valence-corrected chi connectivity index (χ2v) is 6.83. The molecule has 0 saturated heterocycles. The SMILES string of the molecule is Cc1cc(NC(=O)CC2CCCCCC2)cc(C)c1Br. The van der Waals surface area contributed by atoms with E-state index in [0.717, 1.165) is 21.3 Å². The molecule has 3 heteroatoms. The molecule has 0 atom stereocenters. The van der Waals surface area contributed by atoms with Crippen LogP contribution < -0.4 is 5.32 Å². The number of halogens is 1. The molecule has 0 spiro atoms. The molecule has 1 aromatic carbocycles. The van der Waals surface area contributed by atoms with Crippen LogP contribution in [0.4, 0.5) is 5.69 Å². The van der Waals surface area contributed by atoms with Crippen LogP contribution in [-0.4, -0.2) is 5.91 Å². The Balaban J connectivity index is 1.94. The van der Waals surface area contributed by atoms with Gasteiger partial charge in [-0.3, -0.25) is 4.79 Å². The van der Waals surface area contributed by atoms with Crippen molar-refractivity contribution in [2.75, 3.05) is 5.32 Å². The molecule has 1 amide bonds. The molecule has 1 N–H and O–H groups in total. The third kappa shape index (κ3) is 4.34. The number of nitrogens with one attached hydrogen (secondary N) is 1. The first-order chi connectivity index (χ1) is 9.56. The van der Waals surface area contributed by atoms with Gasteiger partial charge in [0.05, 0.1) is 0 Å². The van der Waals surface area contributed by atoms with Crippen LogP contribution in [0.5, 0.6) is 0 Å². The molecule has 1 aliphatic rings. The number of benzene rings is 1. The van der Waals surface area contributed by atoms with E-state index in [1.54, 1.807) is 0 Å². The topological polar surface area (TPSA) is 29.1 Å². The fraction of sp³-hybridized carbons (Fsp3) is 0.588. The third-order valence-corrected chi connectivity index (χ3v) is 5.42. The summed E-state index contributed by atoms with van der Waals surface area (Å²) in [6.45, 7) is 4.11. The van der Waals surface area contributed by atoms with E-state index in [-0.39, 0.29) is 5.91 Å². The Bertz CT molecular complexity index is 453. The maximum atomic E-state index is 12.2. The summed E-state index contributed by atoms with van der Waals surface area (Å²) < 4.78 is 1.12. The predicted molar refractivity (Wildman–Crippen MR) is 88.1 cm³/mol. The van der Waals surface area contributed by atoms with E-state index < -0.39 is 0 Å². The Labute approximate surface area is 130 Å². The van der Waals surface area contributed by atoms with Gasteiger partial charge in [-0.1, -0.05) is 41.6 Å². The molecule has 0 heterocycles. The quantitative estimate of drug-likeness (QED) is 0.738. The molecule has 0 unspecified atom stereocenters. The Morgan fingerprint density at radius 2 is 1.70 bits per heavy atom. The average molecular weight is 338 g/mol. The minimum absolute atomic E-state index is 0.165. The molecule has 110 valence electrons. The first-order valence-electron chi connectivity index (χ1n) is 7.63. The number of anilines is 1. The monoisotopic (exact) mass is 337 g/mol. The van der Waals surface area contributed by atoms with Crippen LogP contribution in [0.25, 0.3) is 0 Å². The fourth-order valence-electron chi connectivity index (χ4n) is 3.06. The molecule has 20 heavy (non-hydrogen) atoms. The Morgan fingerprint density at radius 3 is 2.25 bits per heavy atom. The van der Waals surface area contributed by atoms with E-state index in [4.69, 9.17) is 0 Å². The number of rotatable bonds is 3. The maximum Gasteiger partial charge on any atom is 0.224 e. The molecule has 1 fully saturated rings. The van der Waals surface area contributed by atoms with Gasteiger partial charge in [0.15, 0.2) is 0 Å². The van der Waals surface area contributed by atoms with Gasteiger partial charge in [-0.2, -0.15) is 0 Å². The van der Waals surface area contributed by atoms with Gasteiger partial charge in [0.1, 0.15) is 0 Å². The maximum absolute atomic E-state index is 12.2. The van der Waals surface area contributed by atoms with Crippen molar-refractivity contribution in [3.05, 3.63) is 27.7 Å².